The Labute approximate surface area is 157 Å². The SMILES string of the molecule is CCC(CC(=O)OC)N(O[Si](C)(C)C(C)(C)C)O[Si](C)(C)C(C)(C)C. The molecule has 7 heteroatoms. The van der Waals surface area contributed by atoms with E-state index in [1.165, 1.54) is 7.11 Å². The number of hydrogen-bond acceptors (Lipinski definition) is 5. The molecule has 0 heterocycles. The summed E-state index contributed by atoms with van der Waals surface area (Å²) in [5, 5.41) is 1.77. The van der Waals surface area contributed by atoms with Crippen molar-refractivity contribution in [2.75, 3.05) is 7.11 Å². The molecule has 0 radical (unpaired) electrons. The molecule has 0 bridgehead atoms. The molecular formula is C18H41NO4Si2. The summed E-state index contributed by atoms with van der Waals surface area (Å²) in [5.41, 5.74) is 0. The summed E-state index contributed by atoms with van der Waals surface area (Å²) >= 11 is 0. The van der Waals surface area contributed by atoms with Gasteiger partial charge in [0.25, 0.3) is 0 Å². The van der Waals surface area contributed by atoms with Gasteiger partial charge in [-0.15, -0.1) is 0 Å². The van der Waals surface area contributed by atoms with Crippen LogP contribution in [0.4, 0.5) is 0 Å². The molecule has 150 valence electrons. The Bertz CT molecular complexity index is 411. The first-order chi connectivity index (χ1) is 11.0. The average Bonchev–Trinajstić information content (AvgIpc) is 2.40. The highest BCUT2D eigenvalue weighted by atomic mass is 28.4. The Morgan fingerprint density at radius 2 is 1.28 bits per heavy atom. The van der Waals surface area contributed by atoms with E-state index in [0.717, 1.165) is 6.42 Å². The Balaban J connectivity index is 5.68. The van der Waals surface area contributed by atoms with Crippen molar-refractivity contribution in [2.45, 2.75) is 104 Å². The van der Waals surface area contributed by atoms with E-state index in [-0.39, 0.29) is 28.5 Å². The summed E-state index contributed by atoms with van der Waals surface area (Å²) < 4.78 is 17.9. The van der Waals surface area contributed by atoms with Crippen molar-refractivity contribution in [3.8, 4) is 0 Å². The van der Waals surface area contributed by atoms with Crippen LogP contribution in [-0.4, -0.2) is 41.0 Å². The van der Waals surface area contributed by atoms with Crippen LogP contribution < -0.4 is 0 Å². The lowest BCUT2D eigenvalue weighted by Gasteiger charge is -2.46. The van der Waals surface area contributed by atoms with Crippen LogP contribution in [0.2, 0.25) is 36.3 Å². The summed E-state index contributed by atoms with van der Waals surface area (Å²) in [6.45, 7) is 24.0. The fourth-order valence-corrected chi connectivity index (χ4v) is 3.43. The van der Waals surface area contributed by atoms with Crippen molar-refractivity contribution in [3.05, 3.63) is 0 Å². The lowest BCUT2D eigenvalue weighted by molar-refractivity contribution is -0.302. The number of esters is 1. The fourth-order valence-electron chi connectivity index (χ4n) is 1.54. The smallest absolute Gasteiger partial charge is 0.307 e. The predicted octanol–water partition coefficient (Wildman–Crippen LogP) is 5.50. The summed E-state index contributed by atoms with van der Waals surface area (Å²) in [7, 11) is -2.77. The van der Waals surface area contributed by atoms with E-state index in [4.69, 9.17) is 13.8 Å². The monoisotopic (exact) mass is 391 g/mol. The van der Waals surface area contributed by atoms with E-state index in [9.17, 15) is 4.79 Å². The van der Waals surface area contributed by atoms with Gasteiger partial charge in [-0.3, -0.25) is 4.79 Å². The lowest BCUT2D eigenvalue weighted by atomic mass is 10.2. The van der Waals surface area contributed by atoms with Crippen molar-refractivity contribution in [1.82, 2.24) is 5.23 Å². The predicted molar refractivity (Wildman–Crippen MR) is 109 cm³/mol. The highest BCUT2D eigenvalue weighted by molar-refractivity contribution is 6.74. The first-order valence-corrected chi connectivity index (χ1v) is 15.0. The van der Waals surface area contributed by atoms with Gasteiger partial charge < -0.3 is 13.8 Å². The van der Waals surface area contributed by atoms with E-state index < -0.39 is 16.6 Å². The van der Waals surface area contributed by atoms with Gasteiger partial charge in [-0.05, 0) is 42.7 Å². The average molecular weight is 392 g/mol. The molecule has 0 aromatic carbocycles. The minimum Gasteiger partial charge on any atom is -0.469 e. The number of carbonyl (C=O) groups is 1. The van der Waals surface area contributed by atoms with E-state index in [1.54, 1.807) is 5.23 Å². The summed E-state index contributed by atoms with van der Waals surface area (Å²) in [4.78, 5) is 11.9. The van der Waals surface area contributed by atoms with Crippen molar-refractivity contribution in [2.24, 2.45) is 0 Å². The molecule has 0 aromatic rings. The molecule has 0 aromatic heterocycles. The van der Waals surface area contributed by atoms with E-state index in [0.29, 0.717) is 0 Å². The summed E-state index contributed by atoms with van der Waals surface area (Å²) in [5.74, 6) is -0.241. The molecule has 5 nitrogen and oxygen atoms in total. The van der Waals surface area contributed by atoms with Crippen LogP contribution in [0, 0.1) is 0 Å². The zero-order valence-corrected chi connectivity index (χ0v) is 20.6. The molecular weight excluding hydrogens is 350 g/mol. The van der Waals surface area contributed by atoms with E-state index >= 15 is 0 Å². The van der Waals surface area contributed by atoms with Crippen LogP contribution in [0.3, 0.4) is 0 Å². The van der Waals surface area contributed by atoms with Crippen molar-refractivity contribution in [1.29, 1.82) is 0 Å². The maximum absolute atomic E-state index is 11.9. The molecule has 1 atom stereocenters. The molecule has 0 saturated heterocycles. The van der Waals surface area contributed by atoms with Gasteiger partial charge in [0.15, 0.2) is 0 Å². The first-order valence-electron chi connectivity index (χ1n) is 9.23. The van der Waals surface area contributed by atoms with Gasteiger partial charge in [0.05, 0.1) is 19.6 Å². The maximum atomic E-state index is 11.9. The summed E-state index contributed by atoms with van der Waals surface area (Å²) in [6.07, 6.45) is 1.01. The van der Waals surface area contributed by atoms with Crippen molar-refractivity contribution < 1.29 is 18.6 Å². The zero-order chi connectivity index (χ0) is 20.3. The topological polar surface area (TPSA) is 48.0 Å². The number of methoxy groups -OCH3 is 1. The van der Waals surface area contributed by atoms with E-state index in [1.807, 2.05) is 6.92 Å². The second kappa shape index (κ2) is 8.65. The first kappa shape index (κ1) is 24.8. The number of carbonyl (C=O) groups excluding carboxylic acids is 1. The molecule has 0 amide bonds. The van der Waals surface area contributed by atoms with Crippen LogP contribution in [0.5, 0.6) is 0 Å². The van der Waals surface area contributed by atoms with Crippen molar-refractivity contribution in [3.63, 3.8) is 0 Å². The van der Waals surface area contributed by atoms with Crippen molar-refractivity contribution >= 4 is 22.6 Å². The molecule has 0 saturated carbocycles. The van der Waals surface area contributed by atoms with Gasteiger partial charge >= 0.3 is 5.97 Å². The third-order valence-corrected chi connectivity index (χ3v) is 14.1. The quantitative estimate of drug-likeness (QED) is 0.310. The minimum absolute atomic E-state index is 0.0472. The van der Waals surface area contributed by atoms with Crippen LogP contribution >= 0.6 is 0 Å². The molecule has 0 aliphatic carbocycles. The molecule has 0 rings (SSSR count). The van der Waals surface area contributed by atoms with Crippen LogP contribution in [0.25, 0.3) is 0 Å². The lowest BCUT2D eigenvalue weighted by Crippen LogP contribution is -2.55. The molecule has 0 aliphatic heterocycles. The van der Waals surface area contributed by atoms with Gasteiger partial charge in [-0.2, -0.15) is 0 Å². The number of hydrogen-bond donors (Lipinski definition) is 0. The van der Waals surface area contributed by atoms with Gasteiger partial charge in [0.2, 0.25) is 16.6 Å². The Morgan fingerprint density at radius 3 is 1.52 bits per heavy atom. The second-order valence-corrected chi connectivity index (χ2v) is 19.2. The minimum atomic E-state index is -2.10. The van der Waals surface area contributed by atoms with Gasteiger partial charge in [0.1, 0.15) is 0 Å². The van der Waals surface area contributed by atoms with Crippen LogP contribution in [0.1, 0.15) is 61.3 Å². The number of hydroxylamine groups is 2. The molecule has 0 aliphatic rings. The highest BCUT2D eigenvalue weighted by Gasteiger charge is 2.45. The molecule has 0 fully saturated rings. The Morgan fingerprint density at radius 1 is 0.920 bits per heavy atom. The normalized spacial score (nSPS) is 15.4. The van der Waals surface area contributed by atoms with Gasteiger partial charge in [-0.25, -0.2) is 0 Å². The molecule has 25 heavy (non-hydrogen) atoms. The molecule has 1 unspecified atom stereocenters. The van der Waals surface area contributed by atoms with Gasteiger partial charge in [0, 0.05) is 0 Å². The summed E-state index contributed by atoms with van der Waals surface area (Å²) in [6, 6.07) is -0.157. The number of rotatable bonds is 8. The Kier molecular flexibility index (Phi) is 8.57. The van der Waals surface area contributed by atoms with Gasteiger partial charge in [-0.1, -0.05) is 53.7 Å². The molecule has 0 N–H and O–H groups in total. The van der Waals surface area contributed by atoms with Crippen LogP contribution in [0.15, 0.2) is 0 Å². The standard InChI is InChI=1S/C18H41NO4Si2/c1-13-15(14-16(20)21-8)19(22-24(9,10)17(2,3)4)23-25(11,12)18(5,6)7/h15H,13-14H2,1-12H3. The molecule has 0 spiro atoms. The fraction of sp³-hybridized carbons (Fsp3) is 0.944. The van der Waals surface area contributed by atoms with E-state index in [2.05, 4.69) is 67.7 Å². The highest BCUT2D eigenvalue weighted by Crippen LogP contribution is 2.41. The third kappa shape index (κ3) is 7.13. The zero-order valence-electron chi connectivity index (χ0n) is 18.6. The number of nitrogens with zero attached hydrogens (tertiary/aromatic N) is 1. The van der Waals surface area contributed by atoms with Crippen LogP contribution in [-0.2, 0) is 18.6 Å². The second-order valence-electron chi connectivity index (χ2n) is 9.83. The third-order valence-electron chi connectivity index (χ3n) is 5.65. The largest absolute Gasteiger partial charge is 0.469 e. The number of ether oxygens (including phenoxy) is 1. The Hall–Kier alpha value is -0.216. The maximum Gasteiger partial charge on any atom is 0.307 e.